The number of halogens is 3. The van der Waals surface area contributed by atoms with Gasteiger partial charge in [0.1, 0.15) is 11.3 Å². The number of ether oxygens (including phenoxy) is 1. The van der Waals surface area contributed by atoms with Crippen LogP contribution in [0.2, 0.25) is 0 Å². The number of carbonyl (C=O) groups excluding carboxylic acids is 2. The Hall–Kier alpha value is -2.68. The van der Waals surface area contributed by atoms with Crippen molar-refractivity contribution in [2.24, 2.45) is 0 Å². The van der Waals surface area contributed by atoms with E-state index in [0.717, 1.165) is 17.0 Å². The van der Waals surface area contributed by atoms with Crippen molar-refractivity contribution >= 4 is 35.2 Å². The number of rotatable bonds is 4. The molecule has 0 aromatic heterocycles. The summed E-state index contributed by atoms with van der Waals surface area (Å²) in [6.07, 6.45) is -2.09. The molecule has 1 saturated heterocycles. The summed E-state index contributed by atoms with van der Waals surface area (Å²) in [7, 11) is 0. The van der Waals surface area contributed by atoms with Gasteiger partial charge in [0.2, 0.25) is 0 Å². The molecule has 0 aliphatic carbocycles. The molecule has 5 nitrogen and oxygen atoms in total. The van der Waals surface area contributed by atoms with E-state index in [0.29, 0.717) is 5.56 Å². The molecule has 1 aliphatic rings. The van der Waals surface area contributed by atoms with Crippen molar-refractivity contribution < 1.29 is 27.5 Å². The lowest BCUT2D eigenvalue weighted by molar-refractivity contribution is -0.274. The first-order valence-corrected chi connectivity index (χ1v) is 6.97. The van der Waals surface area contributed by atoms with E-state index in [2.05, 4.69) is 16.6 Å². The lowest BCUT2D eigenvalue weighted by Gasteiger charge is -2.27. The summed E-state index contributed by atoms with van der Waals surface area (Å²) in [5.74, 6) is -1.70. The summed E-state index contributed by atoms with van der Waals surface area (Å²) < 4.78 is 40.1. The smallest absolute Gasteiger partial charge is 0.406 e. The Bertz CT molecular complexity index is 726. The van der Waals surface area contributed by atoms with Gasteiger partial charge in [-0.15, -0.1) is 19.8 Å². The highest BCUT2D eigenvalue weighted by molar-refractivity contribution is 7.80. The van der Waals surface area contributed by atoms with Crippen molar-refractivity contribution in [1.29, 1.82) is 0 Å². The number of nitrogens with one attached hydrogen (secondary N) is 1. The maximum Gasteiger partial charge on any atom is 0.573 e. The molecule has 0 radical (unpaired) electrons. The van der Waals surface area contributed by atoms with Crippen molar-refractivity contribution in [3.63, 3.8) is 0 Å². The SMILES string of the molecule is C=CCN1C(=O)/C(=C/c2ccc(OC(F)(F)F)cc2)C(=O)NC1=S. The number of nitrogens with zero attached hydrogens (tertiary/aromatic N) is 1. The number of thiocarbonyl (C=S) groups is 1. The van der Waals surface area contributed by atoms with Gasteiger partial charge in [-0.05, 0) is 36.0 Å². The Morgan fingerprint density at radius 2 is 1.88 bits per heavy atom. The van der Waals surface area contributed by atoms with Gasteiger partial charge in [0.25, 0.3) is 11.8 Å². The molecule has 24 heavy (non-hydrogen) atoms. The zero-order chi connectivity index (χ0) is 17.9. The van der Waals surface area contributed by atoms with Gasteiger partial charge in [-0.2, -0.15) is 0 Å². The van der Waals surface area contributed by atoms with Crippen LogP contribution in [0.5, 0.6) is 5.75 Å². The zero-order valence-electron chi connectivity index (χ0n) is 12.1. The van der Waals surface area contributed by atoms with Crippen LogP contribution in [0.4, 0.5) is 13.2 Å². The molecule has 1 aromatic rings. The summed E-state index contributed by atoms with van der Waals surface area (Å²) in [4.78, 5) is 25.3. The number of carbonyl (C=O) groups is 2. The first kappa shape index (κ1) is 17.7. The third-order valence-corrected chi connectivity index (χ3v) is 3.24. The van der Waals surface area contributed by atoms with Crippen molar-refractivity contribution in [2.75, 3.05) is 6.54 Å². The number of benzene rings is 1. The lowest BCUT2D eigenvalue weighted by atomic mass is 10.1. The molecule has 126 valence electrons. The van der Waals surface area contributed by atoms with E-state index >= 15 is 0 Å². The fourth-order valence-electron chi connectivity index (χ4n) is 1.92. The second-order valence-corrected chi connectivity index (χ2v) is 5.03. The quantitative estimate of drug-likeness (QED) is 0.390. The molecule has 1 heterocycles. The van der Waals surface area contributed by atoms with E-state index in [4.69, 9.17) is 12.2 Å². The van der Waals surface area contributed by atoms with Crippen molar-refractivity contribution in [3.05, 3.63) is 48.1 Å². The van der Waals surface area contributed by atoms with Gasteiger partial charge in [0.05, 0.1) is 0 Å². The zero-order valence-corrected chi connectivity index (χ0v) is 12.9. The van der Waals surface area contributed by atoms with Crippen molar-refractivity contribution in [1.82, 2.24) is 10.2 Å². The fraction of sp³-hybridized carbons (Fsp3) is 0.133. The average Bonchev–Trinajstić information content (AvgIpc) is 2.48. The highest BCUT2D eigenvalue weighted by Gasteiger charge is 2.33. The van der Waals surface area contributed by atoms with Gasteiger partial charge < -0.3 is 4.74 Å². The summed E-state index contributed by atoms with van der Waals surface area (Å²) in [5, 5.41) is 2.33. The Kier molecular flexibility index (Phi) is 5.03. The van der Waals surface area contributed by atoms with Crippen molar-refractivity contribution in [2.45, 2.75) is 6.36 Å². The molecular formula is C15H11F3N2O3S. The summed E-state index contributed by atoms with van der Waals surface area (Å²) in [5.41, 5.74) is 0.171. The molecule has 0 atom stereocenters. The molecule has 0 unspecified atom stereocenters. The number of alkyl halides is 3. The number of hydrogen-bond donors (Lipinski definition) is 1. The van der Waals surface area contributed by atoms with Crippen LogP contribution in [-0.2, 0) is 9.59 Å². The monoisotopic (exact) mass is 356 g/mol. The lowest BCUT2D eigenvalue weighted by Crippen LogP contribution is -2.53. The van der Waals surface area contributed by atoms with Gasteiger partial charge in [0, 0.05) is 6.54 Å². The standard InChI is InChI=1S/C15H11F3N2O3S/c1-2-7-20-13(22)11(12(21)19-14(20)24)8-9-3-5-10(6-4-9)23-15(16,17)18/h2-6,8H,1,7H2,(H,19,21,24)/b11-8+. The predicted octanol–water partition coefficient (Wildman–Crippen LogP) is 2.40. The second-order valence-electron chi connectivity index (χ2n) is 4.64. The van der Waals surface area contributed by atoms with E-state index in [9.17, 15) is 22.8 Å². The normalized spacial score (nSPS) is 17.0. The summed E-state index contributed by atoms with van der Waals surface area (Å²) >= 11 is 4.91. The molecular weight excluding hydrogens is 345 g/mol. The van der Waals surface area contributed by atoms with E-state index in [1.54, 1.807) is 0 Å². The third-order valence-electron chi connectivity index (χ3n) is 2.92. The molecule has 1 N–H and O–H groups in total. The Labute approximate surface area is 140 Å². The molecule has 1 aromatic carbocycles. The first-order valence-electron chi connectivity index (χ1n) is 6.57. The van der Waals surface area contributed by atoms with E-state index in [1.165, 1.54) is 24.3 Å². The maximum absolute atomic E-state index is 12.3. The minimum atomic E-state index is -4.79. The second kappa shape index (κ2) is 6.83. The molecule has 2 rings (SSSR count). The Balaban J connectivity index is 2.25. The van der Waals surface area contributed by atoms with Gasteiger partial charge in [-0.25, -0.2) is 0 Å². The predicted molar refractivity (Wildman–Crippen MR) is 83.8 cm³/mol. The average molecular weight is 356 g/mol. The molecule has 1 fully saturated rings. The van der Waals surface area contributed by atoms with Crippen LogP contribution in [0.1, 0.15) is 5.56 Å². The molecule has 9 heteroatoms. The number of amides is 2. The molecule has 0 bridgehead atoms. The summed E-state index contributed by atoms with van der Waals surface area (Å²) in [6, 6.07) is 4.74. The van der Waals surface area contributed by atoms with Gasteiger partial charge >= 0.3 is 6.36 Å². The van der Waals surface area contributed by atoms with Crippen LogP contribution >= 0.6 is 12.2 Å². The van der Waals surface area contributed by atoms with Crippen LogP contribution in [0.15, 0.2) is 42.5 Å². The first-order chi connectivity index (χ1) is 11.2. The molecule has 1 aliphatic heterocycles. The maximum atomic E-state index is 12.3. The van der Waals surface area contributed by atoms with Crippen LogP contribution < -0.4 is 10.1 Å². The van der Waals surface area contributed by atoms with Crippen LogP contribution in [-0.4, -0.2) is 34.7 Å². The molecule has 0 spiro atoms. The highest BCUT2D eigenvalue weighted by Crippen LogP contribution is 2.23. The van der Waals surface area contributed by atoms with Gasteiger partial charge in [0.15, 0.2) is 5.11 Å². The Morgan fingerprint density at radius 1 is 1.25 bits per heavy atom. The third kappa shape index (κ3) is 4.19. The minimum Gasteiger partial charge on any atom is -0.406 e. The largest absolute Gasteiger partial charge is 0.573 e. The van der Waals surface area contributed by atoms with E-state index in [1.807, 2.05) is 0 Å². The van der Waals surface area contributed by atoms with E-state index in [-0.39, 0.29) is 17.2 Å². The molecule has 2 amide bonds. The molecule has 0 saturated carbocycles. The van der Waals surface area contributed by atoms with Gasteiger partial charge in [-0.3, -0.25) is 19.8 Å². The van der Waals surface area contributed by atoms with Crippen LogP contribution in [0.25, 0.3) is 6.08 Å². The summed E-state index contributed by atoms with van der Waals surface area (Å²) in [6.45, 7) is 3.62. The van der Waals surface area contributed by atoms with Crippen molar-refractivity contribution in [3.8, 4) is 5.75 Å². The number of hydrogen-bond acceptors (Lipinski definition) is 4. The van der Waals surface area contributed by atoms with E-state index < -0.39 is 23.9 Å². The highest BCUT2D eigenvalue weighted by atomic mass is 32.1. The van der Waals surface area contributed by atoms with Crippen LogP contribution in [0, 0.1) is 0 Å². The van der Waals surface area contributed by atoms with Gasteiger partial charge in [-0.1, -0.05) is 18.2 Å². The Morgan fingerprint density at radius 3 is 2.42 bits per heavy atom. The topological polar surface area (TPSA) is 58.6 Å². The van der Waals surface area contributed by atoms with Crippen LogP contribution in [0.3, 0.4) is 0 Å². The fourth-order valence-corrected chi connectivity index (χ4v) is 2.17. The minimum absolute atomic E-state index is 0.0315.